The Balaban J connectivity index is 1.31. The number of amides is 1. The van der Waals surface area contributed by atoms with Crippen molar-refractivity contribution in [2.45, 2.75) is 5.16 Å². The SMILES string of the molecule is Cn1c(SCC(=O)N/N=C\c2ccc3c(c2)OCO3)nnc1-c1ccccc1. The van der Waals surface area contributed by atoms with E-state index in [1.165, 1.54) is 11.8 Å². The number of ether oxygens (including phenoxy) is 2. The van der Waals surface area contributed by atoms with Crippen LogP contribution in [-0.2, 0) is 11.8 Å². The van der Waals surface area contributed by atoms with Crippen molar-refractivity contribution in [1.29, 1.82) is 0 Å². The molecule has 0 fully saturated rings. The third kappa shape index (κ3) is 3.99. The Hall–Kier alpha value is -3.33. The first kappa shape index (κ1) is 18.1. The van der Waals surface area contributed by atoms with Gasteiger partial charge >= 0.3 is 0 Å². The Labute approximate surface area is 165 Å². The molecule has 0 aliphatic carbocycles. The summed E-state index contributed by atoms with van der Waals surface area (Å²) in [5.74, 6) is 2.08. The Bertz CT molecular complexity index is 1020. The zero-order valence-corrected chi connectivity index (χ0v) is 15.8. The molecule has 4 rings (SSSR count). The van der Waals surface area contributed by atoms with Gasteiger partial charge in [-0.15, -0.1) is 10.2 Å². The number of carbonyl (C=O) groups excluding carboxylic acids is 1. The monoisotopic (exact) mass is 395 g/mol. The van der Waals surface area contributed by atoms with E-state index in [0.29, 0.717) is 16.7 Å². The number of hydrazone groups is 1. The molecule has 0 saturated heterocycles. The van der Waals surface area contributed by atoms with E-state index in [0.717, 1.165) is 17.0 Å². The van der Waals surface area contributed by atoms with E-state index in [1.807, 2.05) is 48.0 Å². The van der Waals surface area contributed by atoms with Crippen molar-refractivity contribution in [3.8, 4) is 22.9 Å². The molecular formula is C19H17N5O3S. The van der Waals surface area contributed by atoms with Crippen LogP contribution in [0.25, 0.3) is 11.4 Å². The fourth-order valence-corrected chi connectivity index (χ4v) is 3.32. The maximum atomic E-state index is 12.0. The molecule has 9 heteroatoms. The molecule has 0 unspecified atom stereocenters. The fourth-order valence-electron chi connectivity index (χ4n) is 2.61. The molecular weight excluding hydrogens is 378 g/mol. The molecule has 0 radical (unpaired) electrons. The lowest BCUT2D eigenvalue weighted by atomic mass is 10.2. The van der Waals surface area contributed by atoms with Gasteiger partial charge in [0.2, 0.25) is 6.79 Å². The molecule has 0 saturated carbocycles. The van der Waals surface area contributed by atoms with E-state index in [4.69, 9.17) is 9.47 Å². The number of benzene rings is 2. The quantitative estimate of drug-likeness (QED) is 0.392. The lowest BCUT2D eigenvalue weighted by molar-refractivity contribution is -0.118. The maximum Gasteiger partial charge on any atom is 0.250 e. The number of carbonyl (C=O) groups is 1. The smallest absolute Gasteiger partial charge is 0.250 e. The van der Waals surface area contributed by atoms with Crippen molar-refractivity contribution in [2.75, 3.05) is 12.5 Å². The molecule has 8 nitrogen and oxygen atoms in total. The minimum Gasteiger partial charge on any atom is -0.454 e. The minimum atomic E-state index is -0.230. The predicted octanol–water partition coefficient (Wildman–Crippen LogP) is 2.45. The second-order valence-electron chi connectivity index (χ2n) is 5.93. The van der Waals surface area contributed by atoms with E-state index < -0.39 is 0 Å². The number of fused-ring (bicyclic) bond motifs is 1. The highest BCUT2D eigenvalue weighted by Gasteiger charge is 2.13. The normalized spacial score (nSPS) is 12.5. The van der Waals surface area contributed by atoms with Crippen LogP contribution in [0.1, 0.15) is 5.56 Å². The van der Waals surface area contributed by atoms with Crippen LogP contribution in [0.3, 0.4) is 0 Å². The minimum absolute atomic E-state index is 0.180. The zero-order valence-electron chi connectivity index (χ0n) is 15.0. The molecule has 1 amide bonds. The molecule has 2 heterocycles. The summed E-state index contributed by atoms with van der Waals surface area (Å²) in [7, 11) is 1.88. The Morgan fingerprint density at radius 3 is 2.89 bits per heavy atom. The topological polar surface area (TPSA) is 90.6 Å². The van der Waals surface area contributed by atoms with Crippen LogP contribution < -0.4 is 14.9 Å². The first-order valence-corrected chi connectivity index (χ1v) is 9.48. The third-order valence-corrected chi connectivity index (χ3v) is 5.02. The molecule has 28 heavy (non-hydrogen) atoms. The van der Waals surface area contributed by atoms with Gasteiger partial charge in [0.1, 0.15) is 0 Å². The number of rotatable bonds is 6. The van der Waals surface area contributed by atoms with E-state index in [1.54, 1.807) is 18.3 Å². The Kier molecular flexibility index (Phi) is 5.24. The van der Waals surface area contributed by atoms with Crippen LogP contribution in [0.15, 0.2) is 58.8 Å². The van der Waals surface area contributed by atoms with Gasteiger partial charge in [-0.2, -0.15) is 5.10 Å². The van der Waals surface area contributed by atoms with Crippen molar-refractivity contribution >= 4 is 23.9 Å². The Morgan fingerprint density at radius 2 is 2.04 bits per heavy atom. The van der Waals surface area contributed by atoms with Gasteiger partial charge in [0.25, 0.3) is 5.91 Å². The molecule has 1 N–H and O–H groups in total. The Morgan fingerprint density at radius 1 is 1.21 bits per heavy atom. The van der Waals surface area contributed by atoms with Crippen LogP contribution in [0, 0.1) is 0 Å². The largest absolute Gasteiger partial charge is 0.454 e. The molecule has 1 aliphatic heterocycles. The van der Waals surface area contributed by atoms with Gasteiger partial charge in [0, 0.05) is 12.6 Å². The lowest BCUT2D eigenvalue weighted by Gasteiger charge is -2.03. The zero-order chi connectivity index (χ0) is 19.3. The summed E-state index contributed by atoms with van der Waals surface area (Å²) in [6.45, 7) is 0.220. The highest BCUT2D eigenvalue weighted by Crippen LogP contribution is 2.32. The summed E-state index contributed by atoms with van der Waals surface area (Å²) in [5.41, 5.74) is 4.29. The van der Waals surface area contributed by atoms with E-state index in [9.17, 15) is 4.79 Å². The van der Waals surface area contributed by atoms with Gasteiger partial charge in [-0.05, 0) is 23.8 Å². The summed E-state index contributed by atoms with van der Waals surface area (Å²) >= 11 is 1.30. The number of aromatic nitrogens is 3. The summed E-state index contributed by atoms with van der Waals surface area (Å²) in [6.07, 6.45) is 1.56. The summed E-state index contributed by atoms with van der Waals surface area (Å²) in [4.78, 5) is 12.0. The van der Waals surface area contributed by atoms with Crippen LogP contribution in [-0.4, -0.2) is 39.4 Å². The number of thioether (sulfide) groups is 1. The van der Waals surface area contributed by atoms with Crippen molar-refractivity contribution in [3.63, 3.8) is 0 Å². The summed E-state index contributed by atoms with van der Waals surface area (Å²) in [5, 5.41) is 13.0. The van der Waals surface area contributed by atoms with Crippen LogP contribution >= 0.6 is 11.8 Å². The van der Waals surface area contributed by atoms with Gasteiger partial charge in [-0.25, -0.2) is 5.43 Å². The van der Waals surface area contributed by atoms with Gasteiger partial charge < -0.3 is 14.0 Å². The van der Waals surface area contributed by atoms with Gasteiger partial charge in [-0.3, -0.25) is 4.79 Å². The first-order valence-electron chi connectivity index (χ1n) is 8.50. The van der Waals surface area contributed by atoms with Crippen LogP contribution in [0.4, 0.5) is 0 Å². The van der Waals surface area contributed by atoms with Crippen molar-refractivity contribution in [2.24, 2.45) is 12.1 Å². The predicted molar refractivity (Wildman–Crippen MR) is 105 cm³/mol. The van der Waals surface area contributed by atoms with Crippen LogP contribution in [0.2, 0.25) is 0 Å². The van der Waals surface area contributed by atoms with E-state index in [-0.39, 0.29) is 18.5 Å². The van der Waals surface area contributed by atoms with E-state index >= 15 is 0 Å². The number of hydrogen-bond donors (Lipinski definition) is 1. The fraction of sp³-hybridized carbons (Fsp3) is 0.158. The highest BCUT2D eigenvalue weighted by atomic mass is 32.2. The number of nitrogens with zero attached hydrogens (tertiary/aromatic N) is 4. The molecule has 2 aromatic carbocycles. The summed E-state index contributed by atoms with van der Waals surface area (Å²) in [6, 6.07) is 15.2. The maximum absolute atomic E-state index is 12.0. The molecule has 0 bridgehead atoms. The van der Waals surface area contributed by atoms with Gasteiger partial charge in [0.15, 0.2) is 22.5 Å². The highest BCUT2D eigenvalue weighted by molar-refractivity contribution is 7.99. The molecule has 142 valence electrons. The molecule has 3 aromatic rings. The summed E-state index contributed by atoms with van der Waals surface area (Å²) < 4.78 is 12.4. The van der Waals surface area contributed by atoms with Crippen LogP contribution in [0.5, 0.6) is 11.5 Å². The molecule has 0 spiro atoms. The molecule has 1 aliphatic rings. The lowest BCUT2D eigenvalue weighted by Crippen LogP contribution is -2.19. The van der Waals surface area contributed by atoms with Crippen molar-refractivity contribution < 1.29 is 14.3 Å². The van der Waals surface area contributed by atoms with Gasteiger partial charge in [0.05, 0.1) is 12.0 Å². The first-order chi connectivity index (χ1) is 13.7. The van der Waals surface area contributed by atoms with E-state index in [2.05, 4.69) is 20.7 Å². The van der Waals surface area contributed by atoms with Gasteiger partial charge in [-0.1, -0.05) is 42.1 Å². The number of hydrogen-bond acceptors (Lipinski definition) is 7. The molecule has 1 aromatic heterocycles. The standard InChI is InChI=1S/C19H17N5O3S/c1-24-18(14-5-3-2-4-6-14)22-23-19(24)28-11-17(25)21-20-10-13-7-8-15-16(9-13)27-12-26-15/h2-10H,11-12H2,1H3,(H,21,25)/b20-10-. The van der Waals surface area contributed by atoms with Crippen molar-refractivity contribution in [3.05, 3.63) is 54.1 Å². The average Bonchev–Trinajstić information content (AvgIpc) is 3.33. The number of nitrogens with one attached hydrogen (secondary N) is 1. The second-order valence-corrected chi connectivity index (χ2v) is 6.87. The third-order valence-electron chi connectivity index (χ3n) is 4.00. The van der Waals surface area contributed by atoms with Crippen molar-refractivity contribution in [1.82, 2.24) is 20.2 Å². The molecule has 0 atom stereocenters. The average molecular weight is 395 g/mol. The second kappa shape index (κ2) is 8.13.